The Morgan fingerprint density at radius 2 is 1.92 bits per heavy atom. The second-order valence-electron chi connectivity index (χ2n) is 5.21. The molecule has 7 nitrogen and oxygen atoms in total. The summed E-state index contributed by atoms with van der Waals surface area (Å²) in [7, 11) is 0. The number of ether oxygens (including phenoxy) is 1. The minimum absolute atomic E-state index is 0.0124. The van der Waals surface area contributed by atoms with E-state index in [1.54, 1.807) is 30.3 Å². The summed E-state index contributed by atoms with van der Waals surface area (Å²) in [5.74, 6) is -1.05. The van der Waals surface area contributed by atoms with Crippen molar-refractivity contribution >= 4 is 46.6 Å². The molecule has 2 aromatic rings. The Bertz CT molecular complexity index is 826. The zero-order valence-electron chi connectivity index (χ0n) is 13.7. The number of benzene rings is 2. The molecule has 0 fully saturated rings. The number of amides is 1. The Labute approximate surface area is 158 Å². The average molecular weight is 395 g/mol. The van der Waals surface area contributed by atoms with Crippen LogP contribution in [0.4, 0.5) is 11.4 Å². The normalized spacial score (nSPS) is 10.2. The van der Waals surface area contributed by atoms with Crippen LogP contribution in [0.25, 0.3) is 0 Å². The van der Waals surface area contributed by atoms with E-state index in [-0.39, 0.29) is 11.4 Å². The lowest BCUT2D eigenvalue weighted by Crippen LogP contribution is -2.21. The fourth-order valence-corrected chi connectivity index (χ4v) is 2.74. The third kappa shape index (κ3) is 6.05. The van der Waals surface area contributed by atoms with Crippen LogP contribution in [0.3, 0.4) is 0 Å². The number of halogens is 1. The predicted molar refractivity (Wildman–Crippen MR) is 99.6 cm³/mol. The monoisotopic (exact) mass is 394 g/mol. The van der Waals surface area contributed by atoms with E-state index in [1.807, 2.05) is 6.92 Å². The number of carbonyl (C=O) groups excluding carboxylic acids is 2. The lowest BCUT2D eigenvalue weighted by atomic mass is 10.2. The zero-order chi connectivity index (χ0) is 19.1. The van der Waals surface area contributed by atoms with Gasteiger partial charge in [-0.25, -0.2) is 0 Å². The lowest BCUT2D eigenvalue weighted by molar-refractivity contribution is -0.384. The van der Waals surface area contributed by atoms with Crippen LogP contribution in [0, 0.1) is 17.0 Å². The molecule has 0 aliphatic carbocycles. The molecule has 1 N–H and O–H groups in total. The Kier molecular flexibility index (Phi) is 6.99. The van der Waals surface area contributed by atoms with Crippen LogP contribution < -0.4 is 5.32 Å². The summed E-state index contributed by atoms with van der Waals surface area (Å²) in [6.45, 7) is 1.43. The minimum Gasteiger partial charge on any atom is -0.455 e. The topological polar surface area (TPSA) is 98.5 Å². The van der Waals surface area contributed by atoms with Crippen molar-refractivity contribution in [3.63, 3.8) is 0 Å². The van der Waals surface area contributed by atoms with Gasteiger partial charge in [0.25, 0.3) is 11.6 Å². The van der Waals surface area contributed by atoms with Gasteiger partial charge in [-0.15, -0.1) is 11.8 Å². The lowest BCUT2D eigenvalue weighted by Gasteiger charge is -2.08. The van der Waals surface area contributed by atoms with Crippen molar-refractivity contribution in [2.75, 3.05) is 17.7 Å². The van der Waals surface area contributed by atoms with Crippen LogP contribution >= 0.6 is 23.4 Å². The molecule has 136 valence electrons. The minimum atomic E-state index is -0.564. The largest absolute Gasteiger partial charge is 0.455 e. The molecule has 0 saturated carbocycles. The van der Waals surface area contributed by atoms with Gasteiger partial charge in [0.2, 0.25) is 0 Å². The Balaban J connectivity index is 1.74. The van der Waals surface area contributed by atoms with Gasteiger partial charge in [0.05, 0.1) is 10.7 Å². The molecule has 0 aromatic heterocycles. The molecule has 1 amide bonds. The van der Waals surface area contributed by atoms with Crippen molar-refractivity contribution in [2.24, 2.45) is 0 Å². The highest BCUT2D eigenvalue weighted by Gasteiger charge is 2.10. The van der Waals surface area contributed by atoms with Crippen molar-refractivity contribution in [3.8, 4) is 0 Å². The molecule has 0 heterocycles. The SMILES string of the molecule is Cc1ccc(NC(=O)COC(=O)CSc2ccc([N+](=O)[O-])cc2)cc1Cl. The fourth-order valence-electron chi connectivity index (χ4n) is 1.86. The smallest absolute Gasteiger partial charge is 0.316 e. The molecule has 0 radical (unpaired) electrons. The second-order valence-corrected chi connectivity index (χ2v) is 6.67. The maximum atomic E-state index is 11.8. The van der Waals surface area contributed by atoms with Gasteiger partial charge in [-0.2, -0.15) is 0 Å². The number of rotatable bonds is 7. The standard InChI is InChI=1S/C17H15ClN2O5S/c1-11-2-3-12(8-15(11)18)19-16(21)9-25-17(22)10-26-14-6-4-13(5-7-14)20(23)24/h2-8H,9-10H2,1H3,(H,19,21). The molecule has 0 saturated heterocycles. The van der Waals surface area contributed by atoms with Crippen molar-refractivity contribution in [1.29, 1.82) is 0 Å². The summed E-state index contributed by atoms with van der Waals surface area (Å²) in [4.78, 5) is 34.2. The molecule has 26 heavy (non-hydrogen) atoms. The van der Waals surface area contributed by atoms with Crippen LogP contribution in [0.2, 0.25) is 5.02 Å². The molecule has 2 rings (SSSR count). The highest BCUT2D eigenvalue weighted by Crippen LogP contribution is 2.22. The fraction of sp³-hybridized carbons (Fsp3) is 0.176. The molecular weight excluding hydrogens is 380 g/mol. The number of non-ortho nitro benzene ring substituents is 1. The Morgan fingerprint density at radius 1 is 1.23 bits per heavy atom. The van der Waals surface area contributed by atoms with Crippen LogP contribution in [0.5, 0.6) is 0 Å². The van der Waals surface area contributed by atoms with E-state index in [4.69, 9.17) is 16.3 Å². The highest BCUT2D eigenvalue weighted by atomic mass is 35.5. The first-order valence-corrected chi connectivity index (χ1v) is 8.80. The summed E-state index contributed by atoms with van der Waals surface area (Å²) in [6, 6.07) is 10.9. The van der Waals surface area contributed by atoms with E-state index >= 15 is 0 Å². The van der Waals surface area contributed by atoms with Crippen LogP contribution in [-0.4, -0.2) is 29.2 Å². The van der Waals surface area contributed by atoms with Gasteiger partial charge in [-0.1, -0.05) is 17.7 Å². The van der Waals surface area contributed by atoms with Crippen LogP contribution in [-0.2, 0) is 14.3 Å². The number of hydrogen-bond donors (Lipinski definition) is 1. The number of nitro benzene ring substituents is 1. The van der Waals surface area contributed by atoms with Gasteiger partial charge >= 0.3 is 5.97 Å². The Morgan fingerprint density at radius 3 is 2.54 bits per heavy atom. The third-order valence-corrected chi connectivity index (χ3v) is 4.62. The number of aryl methyl sites for hydroxylation is 1. The van der Waals surface area contributed by atoms with Gasteiger partial charge in [0, 0.05) is 27.7 Å². The Hall–Kier alpha value is -2.58. The summed E-state index contributed by atoms with van der Waals surface area (Å²) < 4.78 is 4.90. The molecule has 0 bridgehead atoms. The second kappa shape index (κ2) is 9.21. The first kappa shape index (κ1) is 19.7. The number of carbonyl (C=O) groups is 2. The zero-order valence-corrected chi connectivity index (χ0v) is 15.3. The number of nitrogens with zero attached hydrogens (tertiary/aromatic N) is 1. The quantitative estimate of drug-likeness (QED) is 0.331. The molecule has 0 aliphatic rings. The van der Waals surface area contributed by atoms with E-state index in [2.05, 4.69) is 5.32 Å². The number of esters is 1. The highest BCUT2D eigenvalue weighted by molar-refractivity contribution is 8.00. The molecule has 0 unspecified atom stereocenters. The van der Waals surface area contributed by atoms with E-state index in [0.29, 0.717) is 15.6 Å². The molecule has 0 atom stereocenters. The maximum Gasteiger partial charge on any atom is 0.316 e. The van der Waals surface area contributed by atoms with E-state index in [9.17, 15) is 19.7 Å². The molecular formula is C17H15ClN2O5S. The first-order chi connectivity index (χ1) is 12.3. The van der Waals surface area contributed by atoms with Crippen molar-refractivity contribution < 1.29 is 19.2 Å². The van der Waals surface area contributed by atoms with Crippen molar-refractivity contribution in [1.82, 2.24) is 0 Å². The van der Waals surface area contributed by atoms with Crippen LogP contribution in [0.15, 0.2) is 47.4 Å². The molecule has 2 aromatic carbocycles. The van der Waals surface area contributed by atoms with E-state index < -0.39 is 23.4 Å². The average Bonchev–Trinajstić information content (AvgIpc) is 2.61. The predicted octanol–water partition coefficient (Wildman–Crippen LogP) is 3.83. The van der Waals surface area contributed by atoms with Crippen molar-refractivity contribution in [3.05, 3.63) is 63.2 Å². The number of thioether (sulfide) groups is 1. The van der Waals surface area contributed by atoms with E-state index in [0.717, 1.165) is 17.3 Å². The molecule has 0 aliphatic heterocycles. The summed E-state index contributed by atoms with van der Waals surface area (Å²) in [5.41, 5.74) is 1.38. The molecule has 0 spiro atoms. The van der Waals surface area contributed by atoms with Gasteiger partial charge in [0.1, 0.15) is 0 Å². The number of nitrogens with one attached hydrogen (secondary N) is 1. The first-order valence-electron chi connectivity index (χ1n) is 7.44. The van der Waals surface area contributed by atoms with Gasteiger partial charge in [-0.05, 0) is 36.8 Å². The number of anilines is 1. The van der Waals surface area contributed by atoms with Crippen LogP contribution in [0.1, 0.15) is 5.56 Å². The van der Waals surface area contributed by atoms with Gasteiger partial charge in [-0.3, -0.25) is 19.7 Å². The van der Waals surface area contributed by atoms with E-state index in [1.165, 1.54) is 12.1 Å². The van der Waals surface area contributed by atoms with Crippen molar-refractivity contribution in [2.45, 2.75) is 11.8 Å². The van der Waals surface area contributed by atoms with Gasteiger partial charge in [0.15, 0.2) is 6.61 Å². The third-order valence-electron chi connectivity index (χ3n) is 3.22. The number of nitro groups is 1. The summed E-state index contributed by atoms with van der Waals surface area (Å²) >= 11 is 7.14. The maximum absolute atomic E-state index is 11.8. The number of hydrogen-bond acceptors (Lipinski definition) is 6. The summed E-state index contributed by atoms with van der Waals surface area (Å²) in [6.07, 6.45) is 0. The molecule has 9 heteroatoms. The summed E-state index contributed by atoms with van der Waals surface area (Å²) in [5, 5.41) is 13.7. The van der Waals surface area contributed by atoms with Gasteiger partial charge < -0.3 is 10.1 Å².